The van der Waals surface area contributed by atoms with Crippen LogP contribution < -0.4 is 5.32 Å². The summed E-state index contributed by atoms with van der Waals surface area (Å²) in [6, 6.07) is 1.65. The van der Waals surface area contributed by atoms with E-state index in [9.17, 15) is 4.39 Å². The molecule has 1 heterocycles. The molecule has 0 aliphatic rings. The molecule has 78 valence electrons. The van der Waals surface area contributed by atoms with Crippen molar-refractivity contribution in [1.29, 1.82) is 0 Å². The van der Waals surface area contributed by atoms with Gasteiger partial charge in [-0.15, -0.1) is 0 Å². The number of halogens is 1. The fraction of sp³-hybridized carbons (Fsp3) is 0.545. The van der Waals surface area contributed by atoms with Gasteiger partial charge in [0.15, 0.2) is 5.82 Å². The predicted octanol–water partition coefficient (Wildman–Crippen LogP) is 3.07. The average Bonchev–Trinajstić information content (AvgIpc) is 2.17. The highest BCUT2D eigenvalue weighted by Crippen LogP contribution is 2.21. The number of pyridine rings is 1. The van der Waals surface area contributed by atoms with E-state index in [-0.39, 0.29) is 11.2 Å². The number of hydrogen-bond acceptors (Lipinski definition) is 2. The Bertz CT molecular complexity index is 297. The van der Waals surface area contributed by atoms with Crippen LogP contribution in [0.3, 0.4) is 0 Å². The molecule has 0 saturated carbocycles. The van der Waals surface area contributed by atoms with Crippen LogP contribution in [0.2, 0.25) is 0 Å². The first kappa shape index (κ1) is 11.0. The summed E-state index contributed by atoms with van der Waals surface area (Å²) in [5.74, 6) is -0.292. The topological polar surface area (TPSA) is 24.9 Å². The van der Waals surface area contributed by atoms with Crippen molar-refractivity contribution in [3.05, 3.63) is 24.3 Å². The quantitative estimate of drug-likeness (QED) is 0.800. The molecule has 0 fully saturated rings. The van der Waals surface area contributed by atoms with Crippen molar-refractivity contribution in [2.24, 2.45) is 5.41 Å². The van der Waals surface area contributed by atoms with E-state index in [1.54, 1.807) is 12.3 Å². The van der Waals surface area contributed by atoms with Crippen molar-refractivity contribution >= 4 is 5.69 Å². The molecule has 3 heteroatoms. The van der Waals surface area contributed by atoms with Crippen LogP contribution in [0.25, 0.3) is 0 Å². The number of rotatable bonds is 4. The minimum absolute atomic E-state index is 0.190. The fourth-order valence-corrected chi connectivity index (χ4v) is 0.978. The standard InChI is InChI=1S/C11H17FN2/c1-4-11(2,3)8-14-10-5-6-13-7-9(10)12/h5-7H,4,8H2,1-3H3,(H,13,14). The van der Waals surface area contributed by atoms with Crippen molar-refractivity contribution in [1.82, 2.24) is 4.98 Å². The second-order valence-corrected chi connectivity index (χ2v) is 4.23. The second-order valence-electron chi connectivity index (χ2n) is 4.23. The van der Waals surface area contributed by atoms with Gasteiger partial charge in [-0.2, -0.15) is 0 Å². The van der Waals surface area contributed by atoms with E-state index in [0.717, 1.165) is 13.0 Å². The minimum atomic E-state index is -0.292. The molecule has 0 radical (unpaired) electrons. The van der Waals surface area contributed by atoms with E-state index in [0.29, 0.717) is 5.69 Å². The Morgan fingerprint density at radius 1 is 1.50 bits per heavy atom. The van der Waals surface area contributed by atoms with Crippen LogP contribution in [-0.4, -0.2) is 11.5 Å². The Labute approximate surface area is 84.6 Å². The van der Waals surface area contributed by atoms with Gasteiger partial charge >= 0.3 is 0 Å². The summed E-state index contributed by atoms with van der Waals surface area (Å²) in [4.78, 5) is 3.69. The summed E-state index contributed by atoms with van der Waals surface area (Å²) in [6.45, 7) is 7.20. The molecule has 0 unspecified atom stereocenters. The molecule has 0 spiro atoms. The SMILES string of the molecule is CCC(C)(C)CNc1ccncc1F. The molecule has 0 aliphatic heterocycles. The maximum Gasteiger partial charge on any atom is 0.164 e. The van der Waals surface area contributed by atoms with Gasteiger partial charge in [0.25, 0.3) is 0 Å². The number of aromatic nitrogens is 1. The molecule has 0 saturated heterocycles. The Morgan fingerprint density at radius 2 is 2.21 bits per heavy atom. The van der Waals surface area contributed by atoms with Crippen molar-refractivity contribution in [2.75, 3.05) is 11.9 Å². The summed E-state index contributed by atoms with van der Waals surface area (Å²) in [6.07, 6.45) is 3.87. The third kappa shape index (κ3) is 2.98. The van der Waals surface area contributed by atoms with Gasteiger partial charge in [-0.1, -0.05) is 20.8 Å². The zero-order valence-electron chi connectivity index (χ0n) is 8.97. The van der Waals surface area contributed by atoms with E-state index in [1.165, 1.54) is 6.20 Å². The first-order chi connectivity index (χ1) is 6.55. The average molecular weight is 196 g/mol. The Balaban J connectivity index is 2.58. The van der Waals surface area contributed by atoms with Crippen molar-refractivity contribution in [3.8, 4) is 0 Å². The molecule has 1 N–H and O–H groups in total. The van der Waals surface area contributed by atoms with Gasteiger partial charge in [0.2, 0.25) is 0 Å². The van der Waals surface area contributed by atoms with E-state index in [4.69, 9.17) is 0 Å². The van der Waals surface area contributed by atoms with Crippen LogP contribution in [0.1, 0.15) is 27.2 Å². The van der Waals surface area contributed by atoms with Gasteiger partial charge in [-0.05, 0) is 17.9 Å². The molecular weight excluding hydrogens is 179 g/mol. The normalized spacial score (nSPS) is 11.4. The smallest absolute Gasteiger partial charge is 0.164 e. The van der Waals surface area contributed by atoms with Crippen molar-refractivity contribution < 1.29 is 4.39 Å². The lowest BCUT2D eigenvalue weighted by atomic mass is 9.90. The maximum atomic E-state index is 13.1. The number of nitrogens with one attached hydrogen (secondary N) is 1. The third-order valence-corrected chi connectivity index (χ3v) is 2.49. The lowest BCUT2D eigenvalue weighted by Crippen LogP contribution is -2.22. The Hall–Kier alpha value is -1.12. The predicted molar refractivity (Wildman–Crippen MR) is 56.8 cm³/mol. The largest absolute Gasteiger partial charge is 0.382 e. The molecular formula is C11H17FN2. The van der Waals surface area contributed by atoms with Gasteiger partial charge in [0.1, 0.15) is 0 Å². The zero-order valence-corrected chi connectivity index (χ0v) is 8.97. The number of anilines is 1. The highest BCUT2D eigenvalue weighted by Gasteiger charge is 2.15. The molecule has 0 atom stereocenters. The van der Waals surface area contributed by atoms with E-state index >= 15 is 0 Å². The summed E-state index contributed by atoms with van der Waals surface area (Å²) in [7, 11) is 0. The highest BCUT2D eigenvalue weighted by atomic mass is 19.1. The van der Waals surface area contributed by atoms with Gasteiger partial charge < -0.3 is 5.32 Å². The van der Waals surface area contributed by atoms with Gasteiger partial charge in [0.05, 0.1) is 11.9 Å². The summed E-state index contributed by atoms with van der Waals surface area (Å²) in [5.41, 5.74) is 0.719. The van der Waals surface area contributed by atoms with Crippen LogP contribution in [-0.2, 0) is 0 Å². The Kier molecular flexibility index (Phi) is 3.44. The minimum Gasteiger partial charge on any atom is -0.382 e. The fourth-order valence-electron chi connectivity index (χ4n) is 0.978. The monoisotopic (exact) mass is 196 g/mol. The molecule has 1 rings (SSSR count). The Morgan fingerprint density at radius 3 is 2.79 bits per heavy atom. The number of hydrogen-bond donors (Lipinski definition) is 1. The first-order valence-corrected chi connectivity index (χ1v) is 4.88. The van der Waals surface area contributed by atoms with Crippen LogP contribution in [0, 0.1) is 11.2 Å². The summed E-state index contributed by atoms with van der Waals surface area (Å²) < 4.78 is 13.1. The number of nitrogens with zero attached hydrogens (tertiary/aromatic N) is 1. The summed E-state index contributed by atoms with van der Waals surface area (Å²) >= 11 is 0. The zero-order chi connectivity index (χ0) is 10.6. The van der Waals surface area contributed by atoms with Crippen LogP contribution in [0.4, 0.5) is 10.1 Å². The molecule has 1 aromatic heterocycles. The maximum absolute atomic E-state index is 13.1. The molecule has 0 amide bonds. The molecule has 14 heavy (non-hydrogen) atoms. The highest BCUT2D eigenvalue weighted by molar-refractivity contribution is 5.42. The van der Waals surface area contributed by atoms with E-state index in [2.05, 4.69) is 31.1 Å². The lowest BCUT2D eigenvalue weighted by molar-refractivity contribution is 0.376. The van der Waals surface area contributed by atoms with E-state index in [1.807, 2.05) is 0 Å². The molecule has 0 bridgehead atoms. The van der Waals surface area contributed by atoms with Crippen LogP contribution in [0.15, 0.2) is 18.5 Å². The van der Waals surface area contributed by atoms with Crippen LogP contribution in [0.5, 0.6) is 0 Å². The molecule has 2 nitrogen and oxygen atoms in total. The van der Waals surface area contributed by atoms with Gasteiger partial charge in [0, 0.05) is 12.7 Å². The molecule has 1 aromatic rings. The van der Waals surface area contributed by atoms with Gasteiger partial charge in [-0.3, -0.25) is 4.98 Å². The second kappa shape index (κ2) is 4.40. The summed E-state index contributed by atoms with van der Waals surface area (Å²) in [5, 5.41) is 3.09. The van der Waals surface area contributed by atoms with Gasteiger partial charge in [-0.25, -0.2) is 4.39 Å². The van der Waals surface area contributed by atoms with Crippen molar-refractivity contribution in [3.63, 3.8) is 0 Å². The lowest BCUT2D eigenvalue weighted by Gasteiger charge is -2.23. The first-order valence-electron chi connectivity index (χ1n) is 4.88. The molecule has 0 aliphatic carbocycles. The molecule has 0 aromatic carbocycles. The third-order valence-electron chi connectivity index (χ3n) is 2.49. The van der Waals surface area contributed by atoms with Crippen molar-refractivity contribution in [2.45, 2.75) is 27.2 Å². The van der Waals surface area contributed by atoms with E-state index < -0.39 is 0 Å². The van der Waals surface area contributed by atoms with Crippen LogP contribution >= 0.6 is 0 Å².